The standard InChI is InChI=1S/C15H19N3O5S/c1-2-3-7-16-12(19)10-22-13(20)6-8-18-15(21)23-14(17-18)11-5-4-9-24-11/h4-5,9H,2-3,6-8,10H2,1H3,(H,16,19). The fraction of sp³-hybridized carbons (Fsp3) is 0.467. The average Bonchev–Trinajstić information content (AvgIpc) is 3.21. The Labute approximate surface area is 142 Å². The van der Waals surface area contributed by atoms with E-state index in [9.17, 15) is 14.4 Å². The summed E-state index contributed by atoms with van der Waals surface area (Å²) in [7, 11) is 0. The van der Waals surface area contributed by atoms with Crippen molar-refractivity contribution in [2.45, 2.75) is 32.7 Å². The molecule has 0 saturated heterocycles. The van der Waals surface area contributed by atoms with E-state index in [1.54, 1.807) is 6.07 Å². The second-order valence-corrected chi connectivity index (χ2v) is 5.94. The van der Waals surface area contributed by atoms with Crippen LogP contribution in [0.4, 0.5) is 0 Å². The highest BCUT2D eigenvalue weighted by Gasteiger charge is 2.13. The highest BCUT2D eigenvalue weighted by atomic mass is 32.1. The Morgan fingerprint density at radius 3 is 3.00 bits per heavy atom. The van der Waals surface area contributed by atoms with Crippen LogP contribution in [0.3, 0.4) is 0 Å². The molecular weight excluding hydrogens is 334 g/mol. The van der Waals surface area contributed by atoms with Crippen molar-refractivity contribution in [1.29, 1.82) is 0 Å². The molecule has 0 atom stereocenters. The van der Waals surface area contributed by atoms with E-state index in [1.165, 1.54) is 11.3 Å². The van der Waals surface area contributed by atoms with E-state index in [2.05, 4.69) is 10.4 Å². The Morgan fingerprint density at radius 2 is 2.29 bits per heavy atom. The lowest BCUT2D eigenvalue weighted by molar-refractivity contribution is -0.148. The van der Waals surface area contributed by atoms with E-state index in [4.69, 9.17) is 9.15 Å². The molecular formula is C15H19N3O5S. The van der Waals surface area contributed by atoms with Crippen LogP contribution in [0.25, 0.3) is 10.8 Å². The number of hydrogen-bond acceptors (Lipinski definition) is 7. The number of rotatable bonds is 9. The quantitative estimate of drug-likeness (QED) is 0.540. The Kier molecular flexibility index (Phi) is 6.74. The zero-order valence-corrected chi connectivity index (χ0v) is 14.1. The number of amides is 1. The summed E-state index contributed by atoms with van der Waals surface area (Å²) in [6.07, 6.45) is 1.78. The largest absolute Gasteiger partial charge is 0.456 e. The first-order chi connectivity index (χ1) is 11.6. The van der Waals surface area contributed by atoms with Gasteiger partial charge in [0.2, 0.25) is 0 Å². The van der Waals surface area contributed by atoms with Gasteiger partial charge in [-0.1, -0.05) is 19.4 Å². The third-order valence-electron chi connectivity index (χ3n) is 3.08. The molecule has 2 aromatic rings. The lowest BCUT2D eigenvalue weighted by Crippen LogP contribution is -2.29. The van der Waals surface area contributed by atoms with Crippen LogP contribution in [0.5, 0.6) is 0 Å². The molecule has 0 aromatic carbocycles. The van der Waals surface area contributed by atoms with Gasteiger partial charge >= 0.3 is 11.7 Å². The summed E-state index contributed by atoms with van der Waals surface area (Å²) < 4.78 is 11.0. The average molecular weight is 353 g/mol. The Balaban J connectivity index is 1.76. The van der Waals surface area contributed by atoms with Crippen LogP contribution < -0.4 is 11.1 Å². The van der Waals surface area contributed by atoms with Crippen LogP contribution in [0.1, 0.15) is 26.2 Å². The normalized spacial score (nSPS) is 10.5. The maximum Gasteiger partial charge on any atom is 0.437 e. The topological polar surface area (TPSA) is 103 Å². The highest BCUT2D eigenvalue weighted by Crippen LogP contribution is 2.20. The van der Waals surface area contributed by atoms with Crippen molar-refractivity contribution < 1.29 is 18.7 Å². The van der Waals surface area contributed by atoms with Crippen molar-refractivity contribution >= 4 is 23.2 Å². The van der Waals surface area contributed by atoms with Crippen LogP contribution in [0.2, 0.25) is 0 Å². The Morgan fingerprint density at radius 1 is 1.46 bits per heavy atom. The summed E-state index contributed by atoms with van der Waals surface area (Å²) in [6, 6.07) is 3.60. The number of aryl methyl sites for hydroxylation is 1. The molecule has 0 unspecified atom stereocenters. The third-order valence-corrected chi connectivity index (χ3v) is 3.94. The molecule has 2 aromatic heterocycles. The van der Waals surface area contributed by atoms with Gasteiger partial charge < -0.3 is 14.5 Å². The van der Waals surface area contributed by atoms with E-state index in [-0.39, 0.29) is 31.4 Å². The fourth-order valence-corrected chi connectivity index (χ4v) is 2.46. The minimum Gasteiger partial charge on any atom is -0.456 e. The molecule has 9 heteroatoms. The second-order valence-electron chi connectivity index (χ2n) is 4.99. The van der Waals surface area contributed by atoms with Crippen LogP contribution in [0.15, 0.2) is 26.7 Å². The number of nitrogens with one attached hydrogen (secondary N) is 1. The number of carbonyl (C=O) groups excluding carboxylic acids is 2. The molecule has 0 aliphatic carbocycles. The molecule has 8 nitrogen and oxygen atoms in total. The summed E-state index contributed by atoms with van der Waals surface area (Å²) in [5.74, 6) is -1.33. The van der Waals surface area contributed by atoms with Crippen molar-refractivity contribution in [3.8, 4) is 10.8 Å². The lowest BCUT2D eigenvalue weighted by atomic mass is 10.3. The molecule has 0 aliphatic rings. The molecule has 2 heterocycles. The number of esters is 1. The third kappa shape index (κ3) is 5.34. The van der Waals surface area contributed by atoms with Gasteiger partial charge in [0.15, 0.2) is 6.61 Å². The second kappa shape index (κ2) is 9.02. The number of unbranched alkanes of at least 4 members (excludes halogenated alkanes) is 1. The number of thiophene rings is 1. The highest BCUT2D eigenvalue weighted by molar-refractivity contribution is 7.13. The summed E-state index contributed by atoms with van der Waals surface area (Å²) in [5, 5.41) is 8.52. The van der Waals surface area contributed by atoms with E-state index in [1.807, 2.05) is 18.4 Å². The molecule has 2 rings (SSSR count). The molecule has 0 aliphatic heterocycles. The van der Waals surface area contributed by atoms with Gasteiger partial charge in [-0.25, -0.2) is 4.79 Å². The maximum absolute atomic E-state index is 11.7. The van der Waals surface area contributed by atoms with Crippen molar-refractivity contribution in [3.05, 3.63) is 28.1 Å². The molecule has 0 radical (unpaired) electrons. The molecule has 1 amide bonds. The van der Waals surface area contributed by atoms with Crippen LogP contribution in [0, 0.1) is 0 Å². The zero-order valence-electron chi connectivity index (χ0n) is 13.3. The van der Waals surface area contributed by atoms with Gasteiger partial charge in [0, 0.05) is 6.54 Å². The van der Waals surface area contributed by atoms with Crippen molar-refractivity contribution in [3.63, 3.8) is 0 Å². The summed E-state index contributed by atoms with van der Waals surface area (Å²) in [6.45, 7) is 2.29. The Bertz CT molecular complexity index is 720. The minimum absolute atomic E-state index is 0.0317. The number of aromatic nitrogens is 2. The molecule has 0 fully saturated rings. The van der Waals surface area contributed by atoms with E-state index in [0.717, 1.165) is 22.4 Å². The molecule has 1 N–H and O–H groups in total. The Hall–Kier alpha value is -2.42. The minimum atomic E-state index is -0.636. The maximum atomic E-state index is 11.7. The molecule has 0 spiro atoms. The van der Waals surface area contributed by atoms with Crippen LogP contribution in [-0.4, -0.2) is 34.8 Å². The number of nitrogens with zero attached hydrogens (tertiary/aromatic N) is 2. The zero-order chi connectivity index (χ0) is 17.4. The van der Waals surface area contributed by atoms with Gasteiger partial charge in [0.25, 0.3) is 11.8 Å². The van der Waals surface area contributed by atoms with Gasteiger partial charge in [-0.3, -0.25) is 9.59 Å². The van der Waals surface area contributed by atoms with Gasteiger partial charge in [-0.15, -0.1) is 16.4 Å². The SMILES string of the molecule is CCCCNC(=O)COC(=O)CCn1nc(-c2cccs2)oc1=O. The van der Waals surface area contributed by atoms with Gasteiger partial charge in [-0.2, -0.15) is 4.68 Å². The first kappa shape index (κ1) is 17.9. The van der Waals surface area contributed by atoms with Crippen LogP contribution in [-0.2, 0) is 20.9 Å². The van der Waals surface area contributed by atoms with Crippen LogP contribution >= 0.6 is 11.3 Å². The van der Waals surface area contributed by atoms with Gasteiger partial charge in [-0.05, 0) is 17.9 Å². The molecule has 0 saturated carbocycles. The van der Waals surface area contributed by atoms with Crippen molar-refractivity contribution in [2.75, 3.05) is 13.2 Å². The summed E-state index contributed by atoms with van der Waals surface area (Å²) in [5.41, 5.74) is 0. The number of ether oxygens (including phenoxy) is 1. The van der Waals surface area contributed by atoms with Gasteiger partial charge in [0.05, 0.1) is 17.8 Å². The first-order valence-electron chi connectivity index (χ1n) is 7.64. The smallest absolute Gasteiger partial charge is 0.437 e. The van der Waals surface area contributed by atoms with E-state index < -0.39 is 11.7 Å². The summed E-state index contributed by atoms with van der Waals surface area (Å²) >= 11 is 1.40. The van der Waals surface area contributed by atoms with E-state index in [0.29, 0.717) is 6.54 Å². The predicted octanol–water partition coefficient (Wildman–Crippen LogP) is 1.41. The molecule has 24 heavy (non-hydrogen) atoms. The van der Waals surface area contributed by atoms with E-state index >= 15 is 0 Å². The monoisotopic (exact) mass is 353 g/mol. The fourth-order valence-electron chi connectivity index (χ4n) is 1.82. The molecule has 130 valence electrons. The molecule has 0 bridgehead atoms. The van der Waals surface area contributed by atoms with Gasteiger partial charge in [0.1, 0.15) is 0 Å². The van der Waals surface area contributed by atoms with Crippen molar-refractivity contribution in [2.24, 2.45) is 0 Å². The van der Waals surface area contributed by atoms with Crippen molar-refractivity contribution in [1.82, 2.24) is 15.1 Å². The lowest BCUT2D eigenvalue weighted by Gasteiger charge is -2.05. The number of hydrogen-bond donors (Lipinski definition) is 1. The summed E-state index contributed by atoms with van der Waals surface area (Å²) in [4.78, 5) is 35.5. The first-order valence-corrected chi connectivity index (χ1v) is 8.52. The number of carbonyl (C=O) groups is 2. The predicted molar refractivity (Wildman–Crippen MR) is 87.6 cm³/mol.